The molecule has 1 heterocycles. The first-order valence-corrected chi connectivity index (χ1v) is 5.13. The van der Waals surface area contributed by atoms with E-state index in [9.17, 15) is 4.79 Å². The molecule has 0 aromatic heterocycles. The molecule has 1 fully saturated rings. The fourth-order valence-electron chi connectivity index (χ4n) is 1.91. The van der Waals surface area contributed by atoms with Crippen LogP contribution in [0.2, 0.25) is 0 Å². The summed E-state index contributed by atoms with van der Waals surface area (Å²) in [4.78, 5) is 11.5. The van der Waals surface area contributed by atoms with E-state index in [2.05, 4.69) is 17.4 Å². The molecular formula is C12H15NO. The highest BCUT2D eigenvalue weighted by molar-refractivity contribution is 5.83. The van der Waals surface area contributed by atoms with Crippen LogP contribution in [-0.2, 0) is 11.2 Å². The largest absolute Gasteiger partial charge is 0.310 e. The van der Waals surface area contributed by atoms with Gasteiger partial charge in [0.1, 0.15) is 5.78 Å². The molecule has 74 valence electrons. The molecule has 2 nitrogen and oxygen atoms in total. The van der Waals surface area contributed by atoms with E-state index in [1.807, 2.05) is 18.2 Å². The number of hydrogen-bond donors (Lipinski definition) is 1. The zero-order chi connectivity index (χ0) is 9.80. The van der Waals surface area contributed by atoms with Gasteiger partial charge in [0.05, 0.1) is 6.54 Å². The van der Waals surface area contributed by atoms with E-state index >= 15 is 0 Å². The summed E-state index contributed by atoms with van der Waals surface area (Å²) in [6.07, 6.45) is 1.88. The van der Waals surface area contributed by atoms with Gasteiger partial charge < -0.3 is 5.32 Å². The van der Waals surface area contributed by atoms with Gasteiger partial charge in [0.25, 0.3) is 0 Å². The Balaban J connectivity index is 2.00. The molecule has 1 atom stereocenters. The van der Waals surface area contributed by atoms with Crippen molar-refractivity contribution < 1.29 is 4.79 Å². The Morgan fingerprint density at radius 2 is 2.07 bits per heavy atom. The molecule has 0 saturated carbocycles. The first-order chi connectivity index (χ1) is 6.86. The van der Waals surface area contributed by atoms with Crippen molar-refractivity contribution in [3.63, 3.8) is 0 Å². The van der Waals surface area contributed by atoms with Crippen molar-refractivity contribution in [3.05, 3.63) is 35.9 Å². The maximum Gasteiger partial charge on any atom is 0.150 e. The topological polar surface area (TPSA) is 29.1 Å². The minimum atomic E-state index is 0.235. The molecule has 2 heteroatoms. The van der Waals surface area contributed by atoms with Gasteiger partial charge in [0, 0.05) is 5.92 Å². The molecule has 1 aromatic carbocycles. The Kier molecular flexibility index (Phi) is 2.94. The van der Waals surface area contributed by atoms with E-state index in [0.717, 1.165) is 19.4 Å². The Bertz CT molecular complexity index is 307. The Labute approximate surface area is 84.3 Å². The number of nitrogens with one attached hydrogen (secondary N) is 1. The van der Waals surface area contributed by atoms with Crippen LogP contribution >= 0.6 is 0 Å². The van der Waals surface area contributed by atoms with E-state index in [0.29, 0.717) is 12.3 Å². The van der Waals surface area contributed by atoms with E-state index < -0.39 is 0 Å². The van der Waals surface area contributed by atoms with Gasteiger partial charge in [0.2, 0.25) is 0 Å². The number of piperidine rings is 1. The van der Waals surface area contributed by atoms with Gasteiger partial charge >= 0.3 is 0 Å². The number of ketones is 1. The van der Waals surface area contributed by atoms with E-state index in [-0.39, 0.29) is 5.92 Å². The lowest BCUT2D eigenvalue weighted by molar-refractivity contribution is -0.123. The average Bonchev–Trinajstić information content (AvgIpc) is 2.23. The van der Waals surface area contributed by atoms with Crippen molar-refractivity contribution in [1.29, 1.82) is 0 Å². The van der Waals surface area contributed by atoms with Crippen molar-refractivity contribution in [2.75, 3.05) is 13.1 Å². The second kappa shape index (κ2) is 4.38. The Morgan fingerprint density at radius 1 is 1.29 bits per heavy atom. The maximum absolute atomic E-state index is 11.5. The predicted octanol–water partition coefficient (Wildman–Crippen LogP) is 1.41. The van der Waals surface area contributed by atoms with Crippen molar-refractivity contribution >= 4 is 5.78 Å². The molecular weight excluding hydrogens is 174 g/mol. The molecule has 0 spiro atoms. The zero-order valence-corrected chi connectivity index (χ0v) is 8.20. The third-order valence-electron chi connectivity index (χ3n) is 2.75. The lowest BCUT2D eigenvalue weighted by Crippen LogP contribution is -2.37. The summed E-state index contributed by atoms with van der Waals surface area (Å²) < 4.78 is 0. The average molecular weight is 189 g/mol. The maximum atomic E-state index is 11.5. The van der Waals surface area contributed by atoms with Gasteiger partial charge in [-0.25, -0.2) is 0 Å². The number of Topliss-reactive ketones (excluding diaryl/α,β-unsaturated/α-hetero) is 1. The van der Waals surface area contributed by atoms with Crippen molar-refractivity contribution in [3.8, 4) is 0 Å². The predicted molar refractivity (Wildman–Crippen MR) is 56.1 cm³/mol. The molecule has 0 bridgehead atoms. The number of rotatable bonds is 2. The summed E-state index contributed by atoms with van der Waals surface area (Å²) in [6, 6.07) is 10.3. The van der Waals surface area contributed by atoms with E-state index in [1.165, 1.54) is 5.56 Å². The lowest BCUT2D eigenvalue weighted by atomic mass is 9.90. The van der Waals surface area contributed by atoms with Gasteiger partial charge in [-0.1, -0.05) is 30.3 Å². The highest BCUT2D eigenvalue weighted by Crippen LogP contribution is 2.15. The summed E-state index contributed by atoms with van der Waals surface area (Å²) in [6.45, 7) is 1.53. The third kappa shape index (κ3) is 2.20. The number of hydrogen-bond acceptors (Lipinski definition) is 2. The second-order valence-electron chi connectivity index (χ2n) is 3.82. The van der Waals surface area contributed by atoms with E-state index in [4.69, 9.17) is 0 Å². The first kappa shape index (κ1) is 9.41. The molecule has 1 aromatic rings. The third-order valence-corrected chi connectivity index (χ3v) is 2.75. The molecule has 2 rings (SSSR count). The van der Waals surface area contributed by atoms with Gasteiger partial charge in [-0.05, 0) is 24.9 Å². The van der Waals surface area contributed by atoms with Gasteiger partial charge in [0.15, 0.2) is 0 Å². The zero-order valence-electron chi connectivity index (χ0n) is 8.20. The van der Waals surface area contributed by atoms with Crippen LogP contribution in [0.3, 0.4) is 0 Å². The van der Waals surface area contributed by atoms with Crippen molar-refractivity contribution in [2.45, 2.75) is 12.8 Å². The minimum Gasteiger partial charge on any atom is -0.310 e. The smallest absolute Gasteiger partial charge is 0.150 e. The highest BCUT2D eigenvalue weighted by Gasteiger charge is 2.21. The molecule has 0 amide bonds. The SMILES string of the molecule is O=C1CNCCC1Cc1ccccc1. The van der Waals surface area contributed by atoms with Gasteiger partial charge in [-0.3, -0.25) is 4.79 Å². The molecule has 0 radical (unpaired) electrons. The summed E-state index contributed by atoms with van der Waals surface area (Å²) in [7, 11) is 0. The molecule has 1 aliphatic heterocycles. The van der Waals surface area contributed by atoms with Crippen LogP contribution in [0, 0.1) is 5.92 Å². The number of carbonyl (C=O) groups is 1. The fourth-order valence-corrected chi connectivity index (χ4v) is 1.91. The first-order valence-electron chi connectivity index (χ1n) is 5.13. The second-order valence-corrected chi connectivity index (χ2v) is 3.82. The van der Waals surface area contributed by atoms with E-state index in [1.54, 1.807) is 0 Å². The summed E-state index contributed by atoms with van der Waals surface area (Å²) >= 11 is 0. The van der Waals surface area contributed by atoms with Crippen LogP contribution in [0.1, 0.15) is 12.0 Å². The normalized spacial score (nSPS) is 22.3. The Hall–Kier alpha value is -1.15. The van der Waals surface area contributed by atoms with Gasteiger partial charge in [-0.15, -0.1) is 0 Å². The number of carbonyl (C=O) groups excluding carboxylic acids is 1. The van der Waals surface area contributed by atoms with Crippen LogP contribution in [0.4, 0.5) is 0 Å². The number of benzene rings is 1. The minimum absolute atomic E-state index is 0.235. The van der Waals surface area contributed by atoms with Gasteiger partial charge in [-0.2, -0.15) is 0 Å². The van der Waals surface area contributed by atoms with Crippen molar-refractivity contribution in [2.24, 2.45) is 5.92 Å². The molecule has 1 unspecified atom stereocenters. The van der Waals surface area contributed by atoms with Crippen LogP contribution in [0.5, 0.6) is 0 Å². The summed E-state index contributed by atoms with van der Waals surface area (Å²) in [5.74, 6) is 0.596. The quantitative estimate of drug-likeness (QED) is 0.762. The molecule has 1 saturated heterocycles. The van der Waals surface area contributed by atoms with Crippen LogP contribution in [0.25, 0.3) is 0 Å². The van der Waals surface area contributed by atoms with Crippen LogP contribution < -0.4 is 5.32 Å². The fraction of sp³-hybridized carbons (Fsp3) is 0.417. The van der Waals surface area contributed by atoms with Crippen LogP contribution in [0.15, 0.2) is 30.3 Å². The van der Waals surface area contributed by atoms with Crippen LogP contribution in [-0.4, -0.2) is 18.9 Å². The molecule has 1 N–H and O–H groups in total. The summed E-state index contributed by atoms with van der Waals surface area (Å²) in [5, 5.41) is 3.10. The molecule has 0 aliphatic carbocycles. The standard InChI is InChI=1S/C12H15NO/c14-12-9-13-7-6-11(12)8-10-4-2-1-3-5-10/h1-5,11,13H,6-9H2. The monoisotopic (exact) mass is 189 g/mol. The highest BCUT2D eigenvalue weighted by atomic mass is 16.1. The molecule has 14 heavy (non-hydrogen) atoms. The molecule has 1 aliphatic rings. The lowest BCUT2D eigenvalue weighted by Gasteiger charge is -2.21. The summed E-state index contributed by atoms with van der Waals surface area (Å²) in [5.41, 5.74) is 1.27. The van der Waals surface area contributed by atoms with Crippen molar-refractivity contribution in [1.82, 2.24) is 5.32 Å². The Morgan fingerprint density at radius 3 is 2.79 bits per heavy atom.